The number of hydrogen-bond acceptors (Lipinski definition) is 2. The summed E-state index contributed by atoms with van der Waals surface area (Å²) in [6.45, 7) is 4.49. The maximum absolute atomic E-state index is 13.4. The van der Waals surface area contributed by atoms with Crippen LogP contribution in [-0.2, 0) is 13.1 Å². The number of nitrogen functional groups attached to an aromatic ring is 1. The van der Waals surface area contributed by atoms with Crippen molar-refractivity contribution < 1.29 is 4.39 Å². The van der Waals surface area contributed by atoms with Crippen LogP contribution in [-0.4, -0.2) is 11.4 Å². The number of hydrogen-bond donors (Lipinski definition) is 1. The number of para-hydroxylation sites is 1. The Kier molecular flexibility index (Phi) is 4.53. The smallest absolute Gasteiger partial charge is 0.146 e. The Hall–Kier alpha value is -1.87. The number of benzene rings is 2. The monoisotopic (exact) mass is 258 g/mol. The Morgan fingerprint density at radius 3 is 2.42 bits per heavy atom. The Labute approximate surface area is 113 Å². The predicted molar refractivity (Wildman–Crippen MR) is 77.0 cm³/mol. The van der Waals surface area contributed by atoms with Crippen LogP contribution in [0.1, 0.15) is 18.1 Å². The molecule has 0 saturated heterocycles. The molecule has 2 aromatic rings. The van der Waals surface area contributed by atoms with Crippen LogP contribution in [0.2, 0.25) is 0 Å². The molecule has 2 aromatic carbocycles. The topological polar surface area (TPSA) is 29.3 Å². The van der Waals surface area contributed by atoms with E-state index in [1.54, 1.807) is 6.07 Å². The summed E-state index contributed by atoms with van der Waals surface area (Å²) in [7, 11) is 0. The van der Waals surface area contributed by atoms with E-state index < -0.39 is 0 Å². The molecule has 0 unspecified atom stereocenters. The largest absolute Gasteiger partial charge is 0.396 e. The van der Waals surface area contributed by atoms with E-state index in [4.69, 9.17) is 5.73 Å². The van der Waals surface area contributed by atoms with Gasteiger partial charge >= 0.3 is 0 Å². The number of halogens is 1. The van der Waals surface area contributed by atoms with Crippen molar-refractivity contribution in [2.45, 2.75) is 20.0 Å². The van der Waals surface area contributed by atoms with E-state index in [1.165, 1.54) is 11.6 Å². The molecule has 2 N–H and O–H groups in total. The molecule has 19 heavy (non-hydrogen) atoms. The van der Waals surface area contributed by atoms with E-state index >= 15 is 0 Å². The Bertz CT molecular complexity index is 526. The molecule has 100 valence electrons. The first-order valence-corrected chi connectivity index (χ1v) is 6.50. The zero-order chi connectivity index (χ0) is 13.7. The van der Waals surface area contributed by atoms with E-state index in [1.807, 2.05) is 24.3 Å². The molecule has 0 spiro atoms. The molecule has 3 heteroatoms. The molecule has 0 radical (unpaired) electrons. The van der Waals surface area contributed by atoms with Crippen LogP contribution in [0.15, 0.2) is 48.5 Å². The van der Waals surface area contributed by atoms with Gasteiger partial charge in [0.1, 0.15) is 5.82 Å². The SMILES string of the molecule is CCN(Cc1ccccc1)Cc1cccc(F)c1N. The maximum Gasteiger partial charge on any atom is 0.146 e. The van der Waals surface area contributed by atoms with Crippen LogP contribution in [0, 0.1) is 5.82 Å². The zero-order valence-electron chi connectivity index (χ0n) is 11.1. The summed E-state index contributed by atoms with van der Waals surface area (Å²) in [6.07, 6.45) is 0. The van der Waals surface area contributed by atoms with Crippen LogP contribution in [0.3, 0.4) is 0 Å². The highest BCUT2D eigenvalue weighted by molar-refractivity contribution is 5.47. The second-order valence-electron chi connectivity index (χ2n) is 4.60. The quantitative estimate of drug-likeness (QED) is 0.832. The summed E-state index contributed by atoms with van der Waals surface area (Å²) in [5.41, 5.74) is 8.13. The third-order valence-corrected chi connectivity index (χ3v) is 3.23. The molecule has 0 amide bonds. The molecule has 0 aliphatic carbocycles. The second kappa shape index (κ2) is 6.34. The molecular formula is C16H19FN2. The maximum atomic E-state index is 13.4. The first kappa shape index (κ1) is 13.6. The normalized spacial score (nSPS) is 10.9. The van der Waals surface area contributed by atoms with Gasteiger partial charge in [-0.05, 0) is 23.7 Å². The highest BCUT2D eigenvalue weighted by atomic mass is 19.1. The Balaban J connectivity index is 2.09. The predicted octanol–water partition coefficient (Wildman–Crippen LogP) is 3.43. The number of anilines is 1. The summed E-state index contributed by atoms with van der Waals surface area (Å²) in [4.78, 5) is 2.24. The van der Waals surface area contributed by atoms with Gasteiger partial charge in [0.05, 0.1) is 5.69 Å². The molecular weight excluding hydrogens is 239 g/mol. The van der Waals surface area contributed by atoms with Gasteiger partial charge in [0.25, 0.3) is 0 Å². The third kappa shape index (κ3) is 3.55. The first-order valence-electron chi connectivity index (χ1n) is 6.50. The standard InChI is InChI=1S/C16H19FN2/c1-2-19(11-13-7-4-3-5-8-13)12-14-9-6-10-15(17)16(14)18/h3-10H,2,11-12,18H2,1H3. The van der Waals surface area contributed by atoms with Gasteiger partial charge in [0, 0.05) is 13.1 Å². The van der Waals surface area contributed by atoms with Crippen LogP contribution in [0.25, 0.3) is 0 Å². The van der Waals surface area contributed by atoms with Crippen molar-refractivity contribution in [2.75, 3.05) is 12.3 Å². The van der Waals surface area contributed by atoms with Crippen molar-refractivity contribution in [3.63, 3.8) is 0 Å². The minimum atomic E-state index is -0.340. The van der Waals surface area contributed by atoms with E-state index in [0.717, 1.165) is 18.7 Å². The van der Waals surface area contributed by atoms with Crippen molar-refractivity contribution >= 4 is 5.69 Å². The lowest BCUT2D eigenvalue weighted by Gasteiger charge is -2.21. The van der Waals surface area contributed by atoms with Crippen LogP contribution < -0.4 is 5.73 Å². The van der Waals surface area contributed by atoms with Crippen molar-refractivity contribution in [1.29, 1.82) is 0 Å². The van der Waals surface area contributed by atoms with Gasteiger partial charge in [0.15, 0.2) is 0 Å². The van der Waals surface area contributed by atoms with Crippen molar-refractivity contribution in [3.05, 3.63) is 65.5 Å². The summed E-state index contributed by atoms with van der Waals surface area (Å²) in [5, 5.41) is 0. The van der Waals surface area contributed by atoms with Gasteiger partial charge < -0.3 is 5.73 Å². The molecule has 0 aromatic heterocycles. The Morgan fingerprint density at radius 1 is 1.00 bits per heavy atom. The molecule has 0 fully saturated rings. The molecule has 0 heterocycles. The average Bonchev–Trinajstić information content (AvgIpc) is 2.44. The lowest BCUT2D eigenvalue weighted by molar-refractivity contribution is 0.271. The van der Waals surface area contributed by atoms with Crippen molar-refractivity contribution in [1.82, 2.24) is 4.90 Å². The molecule has 0 saturated carbocycles. The van der Waals surface area contributed by atoms with Gasteiger partial charge in [0.2, 0.25) is 0 Å². The van der Waals surface area contributed by atoms with Crippen molar-refractivity contribution in [2.24, 2.45) is 0 Å². The molecule has 2 rings (SSSR count). The Morgan fingerprint density at radius 2 is 1.74 bits per heavy atom. The molecule has 0 atom stereocenters. The van der Waals surface area contributed by atoms with Gasteiger partial charge in [-0.15, -0.1) is 0 Å². The number of nitrogens with two attached hydrogens (primary N) is 1. The van der Waals surface area contributed by atoms with Crippen molar-refractivity contribution in [3.8, 4) is 0 Å². The minimum absolute atomic E-state index is 0.258. The van der Waals surface area contributed by atoms with Gasteiger partial charge in [-0.2, -0.15) is 0 Å². The molecule has 0 bridgehead atoms. The molecule has 2 nitrogen and oxygen atoms in total. The molecule has 0 aliphatic heterocycles. The summed E-state index contributed by atoms with van der Waals surface area (Å²) >= 11 is 0. The summed E-state index contributed by atoms with van der Waals surface area (Å²) in [5.74, 6) is -0.340. The minimum Gasteiger partial charge on any atom is -0.396 e. The van der Waals surface area contributed by atoms with Crippen LogP contribution >= 0.6 is 0 Å². The van der Waals surface area contributed by atoms with E-state index in [2.05, 4.69) is 24.0 Å². The van der Waals surface area contributed by atoms with Gasteiger partial charge in [-0.1, -0.05) is 49.4 Å². The van der Waals surface area contributed by atoms with Crippen LogP contribution in [0.5, 0.6) is 0 Å². The lowest BCUT2D eigenvalue weighted by atomic mass is 10.1. The lowest BCUT2D eigenvalue weighted by Crippen LogP contribution is -2.23. The fraction of sp³-hybridized carbons (Fsp3) is 0.250. The van der Waals surface area contributed by atoms with Gasteiger partial charge in [-0.3, -0.25) is 4.90 Å². The second-order valence-corrected chi connectivity index (χ2v) is 4.60. The fourth-order valence-electron chi connectivity index (χ4n) is 2.08. The van der Waals surface area contributed by atoms with E-state index in [9.17, 15) is 4.39 Å². The van der Waals surface area contributed by atoms with Gasteiger partial charge in [-0.25, -0.2) is 4.39 Å². The fourth-order valence-corrected chi connectivity index (χ4v) is 2.08. The highest BCUT2D eigenvalue weighted by Gasteiger charge is 2.09. The number of nitrogens with zero attached hydrogens (tertiary/aromatic N) is 1. The molecule has 0 aliphatic rings. The zero-order valence-corrected chi connectivity index (χ0v) is 11.1. The first-order chi connectivity index (χ1) is 9.20. The highest BCUT2D eigenvalue weighted by Crippen LogP contribution is 2.18. The van der Waals surface area contributed by atoms with E-state index in [0.29, 0.717) is 6.54 Å². The average molecular weight is 258 g/mol. The number of rotatable bonds is 5. The summed E-state index contributed by atoms with van der Waals surface area (Å²) < 4.78 is 13.4. The third-order valence-electron chi connectivity index (χ3n) is 3.23. The van der Waals surface area contributed by atoms with Crippen LogP contribution in [0.4, 0.5) is 10.1 Å². The summed E-state index contributed by atoms with van der Waals surface area (Å²) in [6, 6.07) is 15.2. The van der Waals surface area contributed by atoms with E-state index in [-0.39, 0.29) is 11.5 Å².